The molecule has 0 N–H and O–H groups in total. The monoisotopic (exact) mass is 425 g/mol. The van der Waals surface area contributed by atoms with Crippen molar-refractivity contribution >= 4 is 32.8 Å². The Morgan fingerprint density at radius 1 is 0.923 bits per heavy atom. The number of rotatable bonds is 3. The average molecular weight is 426 g/mol. The highest BCUT2D eigenvalue weighted by atomic mass is 79.9. The molecule has 1 aliphatic rings. The molecule has 0 bridgehead atoms. The van der Waals surface area contributed by atoms with Gasteiger partial charge in [-0.25, -0.2) is 0 Å². The summed E-state index contributed by atoms with van der Waals surface area (Å²) < 4.78 is 5.37. The predicted octanol–water partition coefficient (Wildman–Crippen LogP) is 5.38. The largest absolute Gasteiger partial charge is 0.426 e. The molecule has 0 spiro atoms. The molecule has 1 unspecified atom stereocenters. The number of benzene rings is 3. The number of ether oxygens (including phenoxy) is 1. The van der Waals surface area contributed by atoms with Crippen molar-refractivity contribution in [3.63, 3.8) is 0 Å². The SMILES string of the molecule is CC(Br)C(=O)Oc1ccc([S+]2c3ccccc3Cc3ccccc32)cc1. The second-order valence-electron chi connectivity index (χ2n) is 6.21. The summed E-state index contributed by atoms with van der Waals surface area (Å²) >= 11 is 3.24. The molecule has 26 heavy (non-hydrogen) atoms. The van der Waals surface area contributed by atoms with Gasteiger partial charge in [0, 0.05) is 17.5 Å². The lowest BCUT2D eigenvalue weighted by molar-refractivity contribution is -0.133. The highest BCUT2D eigenvalue weighted by molar-refractivity contribution is 9.10. The third-order valence-corrected chi connectivity index (χ3v) is 7.16. The van der Waals surface area contributed by atoms with Crippen molar-refractivity contribution in [2.24, 2.45) is 0 Å². The van der Waals surface area contributed by atoms with E-state index in [1.807, 2.05) is 12.1 Å². The molecule has 0 amide bonds. The Balaban J connectivity index is 1.73. The minimum atomic E-state index is -0.318. The summed E-state index contributed by atoms with van der Waals surface area (Å²) in [5.74, 6) is 0.292. The van der Waals surface area contributed by atoms with Gasteiger partial charge in [-0.2, -0.15) is 0 Å². The topological polar surface area (TPSA) is 26.3 Å². The maximum absolute atomic E-state index is 11.8. The zero-order chi connectivity index (χ0) is 18.1. The van der Waals surface area contributed by atoms with Gasteiger partial charge >= 0.3 is 5.97 Å². The van der Waals surface area contributed by atoms with Crippen LogP contribution in [-0.4, -0.2) is 10.8 Å². The standard InChI is InChI=1S/C22H18BrO2S/c1-15(23)22(24)25-18-10-12-19(13-11-18)26-20-8-4-2-6-16(20)14-17-7-3-5-9-21(17)26/h2-13,15H,14H2,1H3/q+1. The molecule has 0 fully saturated rings. The number of hydrogen-bond donors (Lipinski definition) is 0. The highest BCUT2D eigenvalue weighted by Crippen LogP contribution is 2.40. The summed E-state index contributed by atoms with van der Waals surface area (Å²) in [6.45, 7) is 1.76. The number of fused-ring (bicyclic) bond motifs is 2. The van der Waals surface area contributed by atoms with Gasteiger partial charge in [0.25, 0.3) is 0 Å². The number of hydrogen-bond acceptors (Lipinski definition) is 2. The van der Waals surface area contributed by atoms with E-state index in [0.29, 0.717) is 5.75 Å². The molecule has 0 saturated carbocycles. The molecular weight excluding hydrogens is 408 g/mol. The van der Waals surface area contributed by atoms with Crippen LogP contribution in [0.1, 0.15) is 18.1 Å². The number of esters is 1. The summed E-state index contributed by atoms with van der Waals surface area (Å²) in [5.41, 5.74) is 2.77. The fourth-order valence-electron chi connectivity index (χ4n) is 3.12. The van der Waals surface area contributed by atoms with Crippen molar-refractivity contribution in [3.8, 4) is 5.75 Å². The predicted molar refractivity (Wildman–Crippen MR) is 108 cm³/mol. The summed E-state index contributed by atoms with van der Waals surface area (Å²) in [7, 11) is -0.137. The Morgan fingerprint density at radius 2 is 1.46 bits per heavy atom. The minimum Gasteiger partial charge on any atom is -0.426 e. The van der Waals surface area contributed by atoms with Gasteiger partial charge in [0.05, 0.1) is 10.9 Å². The van der Waals surface area contributed by atoms with Gasteiger partial charge < -0.3 is 4.74 Å². The Hall–Kier alpha value is -2.04. The van der Waals surface area contributed by atoms with Crippen molar-refractivity contribution < 1.29 is 9.53 Å². The van der Waals surface area contributed by atoms with Crippen molar-refractivity contribution in [1.29, 1.82) is 0 Å². The van der Waals surface area contributed by atoms with Crippen LogP contribution in [0, 0.1) is 0 Å². The van der Waals surface area contributed by atoms with E-state index < -0.39 is 0 Å². The maximum atomic E-state index is 11.8. The van der Waals surface area contributed by atoms with Gasteiger partial charge in [-0.3, -0.25) is 4.79 Å². The summed E-state index contributed by atoms with van der Waals surface area (Å²) in [5, 5.41) is 0. The molecule has 4 rings (SSSR count). The van der Waals surface area contributed by atoms with E-state index in [1.54, 1.807) is 6.92 Å². The molecule has 1 heterocycles. The first-order valence-corrected chi connectivity index (χ1v) is 10.6. The quantitative estimate of drug-likeness (QED) is 0.190. The molecule has 0 radical (unpaired) electrons. The summed E-state index contributed by atoms with van der Waals surface area (Å²) in [4.78, 5) is 15.4. The Kier molecular flexibility index (Phi) is 4.88. The Morgan fingerprint density at radius 3 is 2.00 bits per heavy atom. The van der Waals surface area contributed by atoms with Gasteiger partial charge in [0.2, 0.25) is 0 Å². The lowest BCUT2D eigenvalue weighted by Crippen LogP contribution is -2.17. The van der Waals surface area contributed by atoms with Crippen molar-refractivity contribution in [2.45, 2.75) is 32.9 Å². The zero-order valence-electron chi connectivity index (χ0n) is 14.3. The normalized spacial score (nSPS) is 14.2. The first kappa shape index (κ1) is 17.4. The van der Waals surface area contributed by atoms with E-state index in [9.17, 15) is 4.79 Å². The van der Waals surface area contributed by atoms with Crippen molar-refractivity contribution in [3.05, 3.63) is 83.9 Å². The molecule has 4 heteroatoms. The lowest BCUT2D eigenvalue weighted by atomic mass is 10.0. The summed E-state index contributed by atoms with van der Waals surface area (Å²) in [6, 6.07) is 25.3. The van der Waals surface area contributed by atoms with E-state index in [2.05, 4.69) is 76.6 Å². The molecule has 130 valence electrons. The second kappa shape index (κ2) is 7.29. The van der Waals surface area contributed by atoms with E-state index in [0.717, 1.165) is 6.42 Å². The van der Waals surface area contributed by atoms with Gasteiger partial charge in [-0.1, -0.05) is 52.3 Å². The number of carbonyl (C=O) groups excluding carboxylic acids is 1. The van der Waals surface area contributed by atoms with Crippen LogP contribution in [0.25, 0.3) is 0 Å². The molecule has 3 aromatic carbocycles. The number of carbonyl (C=O) groups is 1. The van der Waals surface area contributed by atoms with E-state index in [4.69, 9.17) is 4.74 Å². The molecular formula is C22H18BrO2S+. The fourth-order valence-corrected chi connectivity index (χ4v) is 5.60. The molecule has 0 saturated heterocycles. The Bertz CT molecular complexity index is 905. The molecule has 3 aromatic rings. The van der Waals surface area contributed by atoms with Crippen molar-refractivity contribution in [2.75, 3.05) is 0 Å². The van der Waals surface area contributed by atoms with Crippen LogP contribution < -0.4 is 4.74 Å². The fraction of sp³-hybridized carbons (Fsp3) is 0.136. The van der Waals surface area contributed by atoms with Crippen molar-refractivity contribution in [1.82, 2.24) is 0 Å². The first-order valence-electron chi connectivity index (χ1n) is 8.49. The zero-order valence-corrected chi connectivity index (χ0v) is 16.7. The first-order chi connectivity index (χ1) is 12.6. The molecule has 1 atom stereocenters. The highest BCUT2D eigenvalue weighted by Gasteiger charge is 2.36. The maximum Gasteiger partial charge on any atom is 0.324 e. The smallest absolute Gasteiger partial charge is 0.324 e. The van der Waals surface area contributed by atoms with E-state index >= 15 is 0 Å². The molecule has 0 aromatic heterocycles. The number of halogens is 1. The second-order valence-corrected chi connectivity index (χ2v) is 9.54. The minimum absolute atomic E-state index is 0.137. The van der Waals surface area contributed by atoms with E-state index in [-0.39, 0.29) is 21.7 Å². The summed E-state index contributed by atoms with van der Waals surface area (Å²) in [6.07, 6.45) is 0.981. The van der Waals surface area contributed by atoms with Crippen LogP contribution in [0.15, 0.2) is 87.5 Å². The molecule has 1 aliphatic heterocycles. The van der Waals surface area contributed by atoms with Gasteiger partial charge in [0.15, 0.2) is 14.7 Å². The molecule has 0 aliphatic carbocycles. The van der Waals surface area contributed by atoms with Crippen LogP contribution >= 0.6 is 15.9 Å². The van der Waals surface area contributed by atoms with Gasteiger partial charge in [0.1, 0.15) is 10.6 Å². The van der Waals surface area contributed by atoms with Crippen LogP contribution in [-0.2, 0) is 22.1 Å². The van der Waals surface area contributed by atoms with E-state index in [1.165, 1.54) is 25.8 Å². The van der Waals surface area contributed by atoms with Crippen LogP contribution in [0.4, 0.5) is 0 Å². The lowest BCUT2D eigenvalue weighted by Gasteiger charge is -2.19. The van der Waals surface area contributed by atoms with Gasteiger partial charge in [-0.15, -0.1) is 0 Å². The van der Waals surface area contributed by atoms with Gasteiger partial charge in [-0.05, 0) is 43.3 Å². The Labute approximate surface area is 164 Å². The molecule has 2 nitrogen and oxygen atoms in total. The third-order valence-electron chi connectivity index (χ3n) is 4.37. The third kappa shape index (κ3) is 3.31. The number of alkyl halides is 1. The van der Waals surface area contributed by atoms with Crippen LogP contribution in [0.2, 0.25) is 0 Å². The van der Waals surface area contributed by atoms with Crippen LogP contribution in [0.5, 0.6) is 5.75 Å². The average Bonchev–Trinajstić information content (AvgIpc) is 2.66. The van der Waals surface area contributed by atoms with Crippen LogP contribution in [0.3, 0.4) is 0 Å².